The minimum absolute atomic E-state index is 0.252. The van der Waals surface area contributed by atoms with Crippen LogP contribution in [0, 0.1) is 5.92 Å². The van der Waals surface area contributed by atoms with Crippen LogP contribution in [0.3, 0.4) is 0 Å². The zero-order valence-electron chi connectivity index (χ0n) is 11.0. The van der Waals surface area contributed by atoms with Crippen molar-refractivity contribution in [3.63, 3.8) is 0 Å². The van der Waals surface area contributed by atoms with Crippen LogP contribution in [0.1, 0.15) is 13.3 Å². The van der Waals surface area contributed by atoms with Gasteiger partial charge in [-0.25, -0.2) is 0 Å². The minimum atomic E-state index is 0.252. The Bertz CT molecular complexity index is 228. The molecular formula is C12H25N3O2. The summed E-state index contributed by atoms with van der Waals surface area (Å²) in [4.78, 5) is 16.2. The van der Waals surface area contributed by atoms with Crippen LogP contribution in [0.4, 0.5) is 0 Å². The normalized spacial score (nSPS) is 19.4. The van der Waals surface area contributed by atoms with Gasteiger partial charge in [-0.2, -0.15) is 0 Å². The second-order valence-corrected chi connectivity index (χ2v) is 4.78. The van der Waals surface area contributed by atoms with E-state index in [2.05, 4.69) is 4.90 Å². The third-order valence-corrected chi connectivity index (χ3v) is 3.14. The summed E-state index contributed by atoms with van der Waals surface area (Å²) in [6.07, 6.45) is 0.588. The third-order valence-electron chi connectivity index (χ3n) is 3.14. The number of amides is 1. The van der Waals surface area contributed by atoms with E-state index in [4.69, 9.17) is 10.5 Å². The highest BCUT2D eigenvalue weighted by Crippen LogP contribution is 2.08. The van der Waals surface area contributed by atoms with E-state index in [1.54, 1.807) is 7.11 Å². The largest absolute Gasteiger partial charge is 0.384 e. The Kier molecular flexibility index (Phi) is 6.47. The molecule has 1 unspecified atom stereocenters. The fraction of sp³-hybridized carbons (Fsp3) is 0.917. The smallest absolute Gasteiger partial charge is 0.223 e. The molecule has 0 spiro atoms. The van der Waals surface area contributed by atoms with E-state index in [1.165, 1.54) is 0 Å². The minimum Gasteiger partial charge on any atom is -0.384 e. The highest BCUT2D eigenvalue weighted by atomic mass is 16.5. The monoisotopic (exact) mass is 243 g/mol. The molecule has 1 rings (SSSR count). The van der Waals surface area contributed by atoms with Gasteiger partial charge in [-0.3, -0.25) is 9.69 Å². The number of hydrogen-bond donors (Lipinski definition) is 1. The van der Waals surface area contributed by atoms with Crippen molar-refractivity contribution in [1.29, 1.82) is 0 Å². The van der Waals surface area contributed by atoms with Crippen molar-refractivity contribution in [3.8, 4) is 0 Å². The first kappa shape index (κ1) is 14.4. The molecule has 0 aromatic carbocycles. The number of hydrogen-bond acceptors (Lipinski definition) is 4. The van der Waals surface area contributed by atoms with Crippen molar-refractivity contribution in [2.45, 2.75) is 13.3 Å². The van der Waals surface area contributed by atoms with Crippen molar-refractivity contribution >= 4 is 5.91 Å². The molecule has 1 aliphatic rings. The van der Waals surface area contributed by atoms with E-state index in [9.17, 15) is 4.79 Å². The Morgan fingerprint density at radius 3 is 2.53 bits per heavy atom. The van der Waals surface area contributed by atoms with E-state index in [0.29, 0.717) is 25.5 Å². The van der Waals surface area contributed by atoms with Gasteiger partial charge in [0.2, 0.25) is 5.91 Å². The first-order valence-electron chi connectivity index (χ1n) is 6.36. The summed E-state index contributed by atoms with van der Waals surface area (Å²) in [6.45, 7) is 7.88. The van der Waals surface area contributed by atoms with Gasteiger partial charge in [0, 0.05) is 59.4 Å². The molecule has 1 heterocycles. The lowest BCUT2D eigenvalue weighted by Gasteiger charge is -2.35. The SMILES string of the molecule is COCC(C)CC(=O)N1CCN(CCN)CC1. The lowest BCUT2D eigenvalue weighted by molar-refractivity contribution is -0.134. The molecule has 0 aromatic rings. The Hall–Kier alpha value is -0.650. The maximum Gasteiger partial charge on any atom is 0.223 e. The summed E-state index contributed by atoms with van der Waals surface area (Å²) in [5.74, 6) is 0.552. The number of piperazine rings is 1. The maximum atomic E-state index is 12.0. The second-order valence-electron chi connectivity index (χ2n) is 4.78. The van der Waals surface area contributed by atoms with E-state index in [1.807, 2.05) is 11.8 Å². The number of methoxy groups -OCH3 is 1. The van der Waals surface area contributed by atoms with Gasteiger partial charge < -0.3 is 15.4 Å². The molecule has 17 heavy (non-hydrogen) atoms. The fourth-order valence-corrected chi connectivity index (χ4v) is 2.17. The number of rotatable bonds is 6. The van der Waals surface area contributed by atoms with Crippen LogP contribution in [0.15, 0.2) is 0 Å². The highest BCUT2D eigenvalue weighted by molar-refractivity contribution is 5.76. The number of carbonyl (C=O) groups is 1. The lowest BCUT2D eigenvalue weighted by Crippen LogP contribution is -2.50. The fourth-order valence-electron chi connectivity index (χ4n) is 2.17. The number of ether oxygens (including phenoxy) is 1. The second kappa shape index (κ2) is 7.63. The maximum absolute atomic E-state index is 12.0. The first-order chi connectivity index (χ1) is 8.17. The Balaban J connectivity index is 2.25. The molecule has 1 atom stereocenters. The molecule has 100 valence electrons. The third kappa shape index (κ3) is 5.02. The van der Waals surface area contributed by atoms with Crippen LogP contribution < -0.4 is 5.73 Å². The standard InChI is InChI=1S/C12H25N3O2/c1-11(10-17-2)9-12(16)15-7-5-14(4-3-13)6-8-15/h11H,3-10,13H2,1-2H3. The quantitative estimate of drug-likeness (QED) is 0.699. The van der Waals surface area contributed by atoms with E-state index in [-0.39, 0.29) is 5.91 Å². The molecule has 0 radical (unpaired) electrons. The van der Waals surface area contributed by atoms with E-state index < -0.39 is 0 Å². The Labute approximate surface area is 104 Å². The van der Waals surface area contributed by atoms with Gasteiger partial charge in [0.1, 0.15) is 0 Å². The number of carbonyl (C=O) groups excluding carboxylic acids is 1. The van der Waals surface area contributed by atoms with Gasteiger partial charge in [-0.1, -0.05) is 6.92 Å². The molecule has 5 heteroatoms. The van der Waals surface area contributed by atoms with Crippen LogP contribution >= 0.6 is 0 Å². The van der Waals surface area contributed by atoms with E-state index >= 15 is 0 Å². The summed E-state index contributed by atoms with van der Waals surface area (Å²) in [5.41, 5.74) is 5.52. The molecular weight excluding hydrogens is 218 g/mol. The van der Waals surface area contributed by atoms with Gasteiger partial charge in [0.25, 0.3) is 0 Å². The zero-order chi connectivity index (χ0) is 12.7. The Morgan fingerprint density at radius 1 is 1.35 bits per heavy atom. The molecule has 5 nitrogen and oxygen atoms in total. The van der Waals surface area contributed by atoms with Gasteiger partial charge in [-0.15, -0.1) is 0 Å². The van der Waals surface area contributed by atoms with Crippen molar-refractivity contribution in [3.05, 3.63) is 0 Å². The molecule has 1 saturated heterocycles. The van der Waals surface area contributed by atoms with Gasteiger partial charge >= 0.3 is 0 Å². The van der Waals surface area contributed by atoms with Crippen molar-refractivity contribution in [1.82, 2.24) is 9.80 Å². The molecule has 1 amide bonds. The summed E-state index contributed by atoms with van der Waals surface area (Å²) < 4.78 is 5.05. The summed E-state index contributed by atoms with van der Waals surface area (Å²) in [6, 6.07) is 0. The summed E-state index contributed by atoms with van der Waals surface area (Å²) in [7, 11) is 1.67. The molecule has 0 aromatic heterocycles. The molecule has 0 bridgehead atoms. The molecule has 1 aliphatic heterocycles. The molecule has 2 N–H and O–H groups in total. The molecule has 1 fully saturated rings. The summed E-state index contributed by atoms with van der Waals surface area (Å²) >= 11 is 0. The predicted molar refractivity (Wildman–Crippen MR) is 67.7 cm³/mol. The van der Waals surface area contributed by atoms with Gasteiger partial charge in [0.05, 0.1) is 0 Å². The van der Waals surface area contributed by atoms with Crippen LogP contribution in [0.5, 0.6) is 0 Å². The van der Waals surface area contributed by atoms with Gasteiger partial charge in [-0.05, 0) is 5.92 Å². The van der Waals surface area contributed by atoms with Crippen LogP contribution in [-0.4, -0.2) is 68.7 Å². The van der Waals surface area contributed by atoms with Crippen molar-refractivity contribution in [2.24, 2.45) is 11.7 Å². The predicted octanol–water partition coefficient (Wildman–Crippen LogP) is -0.238. The van der Waals surface area contributed by atoms with Crippen molar-refractivity contribution in [2.75, 3.05) is 53.0 Å². The van der Waals surface area contributed by atoms with E-state index in [0.717, 1.165) is 32.7 Å². The first-order valence-corrected chi connectivity index (χ1v) is 6.36. The summed E-state index contributed by atoms with van der Waals surface area (Å²) in [5, 5.41) is 0. The average molecular weight is 243 g/mol. The lowest BCUT2D eigenvalue weighted by atomic mass is 10.1. The van der Waals surface area contributed by atoms with Crippen LogP contribution in [0.2, 0.25) is 0 Å². The zero-order valence-corrected chi connectivity index (χ0v) is 11.0. The van der Waals surface area contributed by atoms with Crippen LogP contribution in [-0.2, 0) is 9.53 Å². The highest BCUT2D eigenvalue weighted by Gasteiger charge is 2.21. The molecule has 0 saturated carbocycles. The average Bonchev–Trinajstić information content (AvgIpc) is 2.30. The topological polar surface area (TPSA) is 58.8 Å². The van der Waals surface area contributed by atoms with Gasteiger partial charge in [0.15, 0.2) is 0 Å². The number of nitrogens with two attached hydrogens (primary N) is 1. The van der Waals surface area contributed by atoms with Crippen molar-refractivity contribution < 1.29 is 9.53 Å². The number of nitrogens with zero attached hydrogens (tertiary/aromatic N) is 2. The Morgan fingerprint density at radius 2 is 2.00 bits per heavy atom. The van der Waals surface area contributed by atoms with Crippen LogP contribution in [0.25, 0.3) is 0 Å². The molecule has 0 aliphatic carbocycles.